The molecule has 0 saturated carbocycles. The topological polar surface area (TPSA) is 17.8 Å². The lowest BCUT2D eigenvalue weighted by Gasteiger charge is -2.13. The molecule has 0 saturated heterocycles. The second-order valence-electron chi connectivity index (χ2n) is 3.62. The van der Waals surface area contributed by atoms with Crippen LogP contribution < -0.4 is 0 Å². The Labute approximate surface area is 82.1 Å². The maximum atomic E-state index is 4.24. The molecular formula is C9H15BrN2. The average molecular weight is 231 g/mol. The first kappa shape index (κ1) is 9.78. The smallest absolute Gasteiger partial charge is 0.0632 e. The lowest BCUT2D eigenvalue weighted by molar-refractivity contribution is 0.398. The quantitative estimate of drug-likeness (QED) is 0.780. The van der Waals surface area contributed by atoms with Crippen molar-refractivity contribution in [1.82, 2.24) is 9.78 Å². The van der Waals surface area contributed by atoms with Gasteiger partial charge in [-0.05, 0) is 35.2 Å². The minimum Gasteiger partial charge on any atom is -0.269 e. The first-order valence-corrected chi connectivity index (χ1v) is 5.08. The Balaban J connectivity index is 2.58. The van der Waals surface area contributed by atoms with Crippen LogP contribution in [-0.4, -0.2) is 9.78 Å². The van der Waals surface area contributed by atoms with Crippen LogP contribution in [-0.2, 0) is 0 Å². The van der Waals surface area contributed by atoms with Gasteiger partial charge in [-0.2, -0.15) is 5.10 Å². The van der Waals surface area contributed by atoms with Crippen molar-refractivity contribution in [3.05, 3.63) is 16.9 Å². The first-order chi connectivity index (χ1) is 5.59. The summed E-state index contributed by atoms with van der Waals surface area (Å²) in [6.07, 6.45) is 5.03. The highest BCUT2D eigenvalue weighted by Crippen LogP contribution is 2.17. The number of rotatable bonds is 3. The van der Waals surface area contributed by atoms with Gasteiger partial charge in [0.05, 0.1) is 10.7 Å². The predicted octanol–water partition coefficient (Wildman–Crippen LogP) is 3.25. The molecule has 1 atom stereocenters. The summed E-state index contributed by atoms with van der Waals surface area (Å²) in [5.41, 5.74) is 0. The summed E-state index contributed by atoms with van der Waals surface area (Å²) in [5.74, 6) is 0.725. The monoisotopic (exact) mass is 230 g/mol. The van der Waals surface area contributed by atoms with E-state index in [4.69, 9.17) is 0 Å². The van der Waals surface area contributed by atoms with Gasteiger partial charge in [0.15, 0.2) is 0 Å². The number of nitrogens with zero attached hydrogens (tertiary/aromatic N) is 2. The van der Waals surface area contributed by atoms with Crippen LogP contribution in [0, 0.1) is 5.92 Å². The van der Waals surface area contributed by atoms with Gasteiger partial charge in [-0.1, -0.05) is 13.8 Å². The van der Waals surface area contributed by atoms with Crippen LogP contribution in [0.5, 0.6) is 0 Å². The normalized spacial score (nSPS) is 13.8. The van der Waals surface area contributed by atoms with Crippen molar-refractivity contribution in [3.63, 3.8) is 0 Å². The molecule has 1 unspecified atom stereocenters. The highest BCUT2D eigenvalue weighted by molar-refractivity contribution is 9.10. The predicted molar refractivity (Wildman–Crippen MR) is 54.1 cm³/mol. The molecule has 0 aliphatic rings. The average Bonchev–Trinajstić information content (AvgIpc) is 2.34. The van der Waals surface area contributed by atoms with Crippen molar-refractivity contribution >= 4 is 15.9 Å². The molecule has 0 spiro atoms. The summed E-state index contributed by atoms with van der Waals surface area (Å²) in [5, 5.41) is 4.24. The largest absolute Gasteiger partial charge is 0.269 e. The van der Waals surface area contributed by atoms with E-state index in [2.05, 4.69) is 41.8 Å². The second kappa shape index (κ2) is 4.08. The van der Waals surface area contributed by atoms with Crippen LogP contribution in [0.2, 0.25) is 0 Å². The van der Waals surface area contributed by atoms with E-state index in [-0.39, 0.29) is 0 Å². The van der Waals surface area contributed by atoms with Crippen LogP contribution in [0.15, 0.2) is 16.9 Å². The van der Waals surface area contributed by atoms with Gasteiger partial charge in [-0.3, -0.25) is 4.68 Å². The SMILES string of the molecule is CC(C)CC(C)n1cc(Br)cn1. The standard InChI is InChI=1S/C9H15BrN2/c1-7(2)4-8(3)12-6-9(10)5-11-12/h5-8H,4H2,1-3H3. The van der Waals surface area contributed by atoms with E-state index in [0.717, 1.165) is 10.4 Å². The van der Waals surface area contributed by atoms with Crippen LogP contribution in [0.1, 0.15) is 33.2 Å². The molecule has 0 N–H and O–H groups in total. The number of halogens is 1. The van der Waals surface area contributed by atoms with Gasteiger partial charge in [0.2, 0.25) is 0 Å². The summed E-state index contributed by atoms with van der Waals surface area (Å²) < 4.78 is 3.06. The van der Waals surface area contributed by atoms with E-state index in [1.807, 2.05) is 17.1 Å². The molecule has 1 rings (SSSR count). The summed E-state index contributed by atoms with van der Waals surface area (Å²) in [4.78, 5) is 0. The molecule has 1 aromatic heterocycles. The summed E-state index contributed by atoms with van der Waals surface area (Å²) in [6, 6.07) is 0.497. The Morgan fingerprint density at radius 3 is 2.58 bits per heavy atom. The summed E-state index contributed by atoms with van der Waals surface area (Å²) in [6.45, 7) is 6.66. The molecule has 12 heavy (non-hydrogen) atoms. The summed E-state index contributed by atoms with van der Waals surface area (Å²) >= 11 is 3.38. The van der Waals surface area contributed by atoms with E-state index in [9.17, 15) is 0 Å². The number of hydrogen-bond donors (Lipinski definition) is 0. The zero-order valence-corrected chi connectivity index (χ0v) is 9.37. The molecule has 0 bridgehead atoms. The molecule has 1 heterocycles. The Kier molecular flexibility index (Phi) is 3.32. The van der Waals surface area contributed by atoms with E-state index in [1.54, 1.807) is 0 Å². The van der Waals surface area contributed by atoms with Crippen molar-refractivity contribution in [2.45, 2.75) is 33.2 Å². The van der Waals surface area contributed by atoms with E-state index < -0.39 is 0 Å². The highest BCUT2D eigenvalue weighted by Gasteiger charge is 2.07. The minimum absolute atomic E-state index is 0.497. The van der Waals surface area contributed by atoms with Crippen LogP contribution >= 0.6 is 15.9 Å². The summed E-state index contributed by atoms with van der Waals surface area (Å²) in [7, 11) is 0. The fraction of sp³-hybridized carbons (Fsp3) is 0.667. The molecule has 3 heteroatoms. The van der Waals surface area contributed by atoms with E-state index in [1.165, 1.54) is 6.42 Å². The van der Waals surface area contributed by atoms with Gasteiger partial charge in [0, 0.05) is 12.2 Å². The Morgan fingerprint density at radius 2 is 2.17 bits per heavy atom. The van der Waals surface area contributed by atoms with Gasteiger partial charge in [0.1, 0.15) is 0 Å². The first-order valence-electron chi connectivity index (χ1n) is 4.29. The van der Waals surface area contributed by atoms with Gasteiger partial charge >= 0.3 is 0 Å². The Hall–Kier alpha value is -0.310. The van der Waals surface area contributed by atoms with Gasteiger partial charge in [-0.15, -0.1) is 0 Å². The van der Waals surface area contributed by atoms with Crippen molar-refractivity contribution < 1.29 is 0 Å². The molecule has 1 aromatic rings. The van der Waals surface area contributed by atoms with Crippen LogP contribution in [0.25, 0.3) is 0 Å². The molecule has 0 fully saturated rings. The lowest BCUT2D eigenvalue weighted by Crippen LogP contribution is -2.08. The van der Waals surface area contributed by atoms with Crippen molar-refractivity contribution in [3.8, 4) is 0 Å². The third kappa shape index (κ3) is 2.63. The molecule has 0 radical (unpaired) electrons. The van der Waals surface area contributed by atoms with Crippen molar-refractivity contribution in [1.29, 1.82) is 0 Å². The zero-order valence-electron chi connectivity index (χ0n) is 7.79. The molecule has 0 amide bonds. The maximum absolute atomic E-state index is 4.24. The van der Waals surface area contributed by atoms with Crippen LogP contribution in [0.4, 0.5) is 0 Å². The zero-order chi connectivity index (χ0) is 9.14. The third-order valence-electron chi connectivity index (χ3n) is 1.83. The number of aromatic nitrogens is 2. The third-order valence-corrected chi connectivity index (χ3v) is 2.24. The number of hydrogen-bond acceptors (Lipinski definition) is 1. The second-order valence-corrected chi connectivity index (χ2v) is 4.53. The maximum Gasteiger partial charge on any atom is 0.0632 e. The molecule has 0 aromatic carbocycles. The van der Waals surface area contributed by atoms with E-state index in [0.29, 0.717) is 6.04 Å². The Morgan fingerprint density at radius 1 is 1.50 bits per heavy atom. The van der Waals surface area contributed by atoms with E-state index >= 15 is 0 Å². The fourth-order valence-electron chi connectivity index (χ4n) is 1.35. The van der Waals surface area contributed by atoms with Crippen molar-refractivity contribution in [2.24, 2.45) is 5.92 Å². The van der Waals surface area contributed by atoms with Gasteiger partial charge in [-0.25, -0.2) is 0 Å². The molecule has 2 nitrogen and oxygen atoms in total. The molecular weight excluding hydrogens is 216 g/mol. The van der Waals surface area contributed by atoms with Gasteiger partial charge < -0.3 is 0 Å². The molecule has 68 valence electrons. The van der Waals surface area contributed by atoms with Gasteiger partial charge in [0.25, 0.3) is 0 Å². The molecule has 0 aliphatic heterocycles. The lowest BCUT2D eigenvalue weighted by atomic mass is 10.1. The minimum atomic E-state index is 0.497. The van der Waals surface area contributed by atoms with Crippen LogP contribution in [0.3, 0.4) is 0 Å². The molecule has 0 aliphatic carbocycles. The fourth-order valence-corrected chi connectivity index (χ4v) is 1.65. The highest BCUT2D eigenvalue weighted by atomic mass is 79.9. The van der Waals surface area contributed by atoms with Crippen molar-refractivity contribution in [2.75, 3.05) is 0 Å². The Bertz CT molecular complexity index is 242.